The first-order valence-corrected chi connectivity index (χ1v) is 8.76. The first-order valence-electron chi connectivity index (χ1n) is 8.38. The maximum absolute atomic E-state index is 12.4. The molecule has 7 heteroatoms. The van der Waals surface area contributed by atoms with E-state index in [1.165, 1.54) is 7.11 Å². The van der Waals surface area contributed by atoms with Crippen LogP contribution in [-0.2, 0) is 11.3 Å². The summed E-state index contributed by atoms with van der Waals surface area (Å²) in [7, 11) is 1.52. The lowest BCUT2D eigenvalue weighted by Gasteiger charge is -2.19. The van der Waals surface area contributed by atoms with E-state index in [9.17, 15) is 9.59 Å². The van der Waals surface area contributed by atoms with Gasteiger partial charge in [-0.2, -0.15) is 0 Å². The molecule has 0 atom stereocenters. The number of halogens is 1. The highest BCUT2D eigenvalue weighted by atomic mass is 35.5. The molecule has 0 aromatic heterocycles. The molecule has 0 saturated carbocycles. The minimum Gasteiger partial charge on any atom is -0.495 e. The van der Waals surface area contributed by atoms with Crippen LogP contribution >= 0.6 is 11.6 Å². The number of hydrogen-bond acceptors (Lipinski definition) is 4. The van der Waals surface area contributed by atoms with Crippen molar-refractivity contribution in [3.63, 3.8) is 0 Å². The van der Waals surface area contributed by atoms with E-state index in [0.29, 0.717) is 28.6 Å². The average molecular weight is 391 g/mol. The fourth-order valence-corrected chi connectivity index (χ4v) is 2.41. The van der Waals surface area contributed by atoms with Crippen LogP contribution in [0.3, 0.4) is 0 Å². The largest absolute Gasteiger partial charge is 0.495 e. The summed E-state index contributed by atoms with van der Waals surface area (Å²) in [5.41, 5.74) is 1.26. The van der Waals surface area contributed by atoms with Crippen LogP contribution in [0.25, 0.3) is 0 Å². The minimum atomic E-state index is -0.548. The molecule has 6 nitrogen and oxygen atoms in total. The Morgan fingerprint density at radius 2 is 1.74 bits per heavy atom. The average Bonchev–Trinajstić information content (AvgIpc) is 2.59. The van der Waals surface area contributed by atoms with Gasteiger partial charge in [-0.1, -0.05) is 23.7 Å². The van der Waals surface area contributed by atoms with Crippen LogP contribution in [0.4, 0.5) is 10.5 Å². The van der Waals surface area contributed by atoms with Gasteiger partial charge in [-0.05, 0) is 56.7 Å². The Balaban J connectivity index is 1.97. The van der Waals surface area contributed by atoms with Crippen LogP contribution in [0.1, 0.15) is 36.7 Å². The number of nitrogens with one attached hydrogen (secondary N) is 2. The first kappa shape index (κ1) is 20.6. The monoisotopic (exact) mass is 390 g/mol. The molecule has 27 heavy (non-hydrogen) atoms. The Kier molecular flexibility index (Phi) is 6.69. The molecule has 2 aromatic carbocycles. The van der Waals surface area contributed by atoms with Crippen LogP contribution in [0.15, 0.2) is 42.5 Å². The normalized spacial score (nSPS) is 10.9. The van der Waals surface area contributed by atoms with Crippen LogP contribution < -0.4 is 15.4 Å². The molecule has 0 aliphatic carbocycles. The molecule has 0 fully saturated rings. The standard InChI is InChI=1S/C20H23ClN2O4/c1-20(2,3)27-19(25)22-12-13-5-7-14(8-6-13)18(24)23-16-11-15(21)9-10-17(16)26-4/h5-11H,12H2,1-4H3,(H,22,25)(H,23,24). The van der Waals surface area contributed by atoms with Gasteiger partial charge in [-0.25, -0.2) is 4.79 Å². The quantitative estimate of drug-likeness (QED) is 0.780. The summed E-state index contributed by atoms with van der Waals surface area (Å²) in [5.74, 6) is 0.230. The number of anilines is 1. The van der Waals surface area contributed by atoms with Crippen molar-refractivity contribution in [2.24, 2.45) is 0 Å². The molecule has 2 rings (SSSR count). The Morgan fingerprint density at radius 1 is 1.07 bits per heavy atom. The van der Waals surface area contributed by atoms with E-state index in [1.807, 2.05) is 0 Å². The summed E-state index contributed by atoms with van der Waals surface area (Å²) < 4.78 is 10.4. The van der Waals surface area contributed by atoms with Gasteiger partial charge in [0.25, 0.3) is 5.91 Å². The van der Waals surface area contributed by atoms with E-state index in [1.54, 1.807) is 63.2 Å². The third-order valence-corrected chi connectivity index (χ3v) is 3.70. The van der Waals surface area contributed by atoms with E-state index in [4.69, 9.17) is 21.1 Å². The summed E-state index contributed by atoms with van der Waals surface area (Å²) in [6.45, 7) is 5.71. The van der Waals surface area contributed by atoms with Crippen molar-refractivity contribution in [3.8, 4) is 5.75 Å². The zero-order chi connectivity index (χ0) is 20.0. The van der Waals surface area contributed by atoms with Gasteiger partial charge in [0.15, 0.2) is 0 Å². The van der Waals surface area contributed by atoms with E-state index in [-0.39, 0.29) is 5.91 Å². The summed E-state index contributed by atoms with van der Waals surface area (Å²) >= 11 is 5.97. The molecular formula is C20H23ClN2O4. The molecule has 0 saturated heterocycles. The topological polar surface area (TPSA) is 76.7 Å². The lowest BCUT2D eigenvalue weighted by atomic mass is 10.1. The SMILES string of the molecule is COc1ccc(Cl)cc1NC(=O)c1ccc(CNC(=O)OC(C)(C)C)cc1. The third-order valence-electron chi connectivity index (χ3n) is 3.46. The van der Waals surface area contributed by atoms with Gasteiger partial charge in [0.05, 0.1) is 12.8 Å². The number of rotatable bonds is 5. The second-order valence-corrected chi connectivity index (χ2v) is 7.29. The van der Waals surface area contributed by atoms with E-state index >= 15 is 0 Å². The molecule has 2 amide bonds. The second kappa shape index (κ2) is 8.77. The number of carbonyl (C=O) groups excluding carboxylic acids is 2. The molecule has 0 radical (unpaired) electrons. The van der Waals surface area contributed by atoms with E-state index < -0.39 is 11.7 Å². The molecule has 0 aliphatic heterocycles. The summed E-state index contributed by atoms with van der Waals surface area (Å²) in [5, 5.41) is 5.94. The van der Waals surface area contributed by atoms with Crippen LogP contribution in [-0.4, -0.2) is 24.7 Å². The third kappa shape index (κ3) is 6.49. The Morgan fingerprint density at radius 3 is 2.33 bits per heavy atom. The van der Waals surface area contributed by atoms with Crippen LogP contribution in [0.2, 0.25) is 5.02 Å². The van der Waals surface area contributed by atoms with Gasteiger partial charge < -0.3 is 20.1 Å². The van der Waals surface area contributed by atoms with Gasteiger partial charge in [0, 0.05) is 17.1 Å². The molecule has 144 valence electrons. The zero-order valence-electron chi connectivity index (χ0n) is 15.8. The highest BCUT2D eigenvalue weighted by molar-refractivity contribution is 6.31. The van der Waals surface area contributed by atoms with Crippen molar-refractivity contribution in [2.45, 2.75) is 32.9 Å². The maximum atomic E-state index is 12.4. The molecule has 2 N–H and O–H groups in total. The van der Waals surface area contributed by atoms with Crippen molar-refractivity contribution < 1.29 is 19.1 Å². The molecule has 0 aliphatic rings. The number of carbonyl (C=O) groups is 2. The molecule has 0 heterocycles. The summed E-state index contributed by atoms with van der Waals surface area (Å²) in [4.78, 5) is 24.1. The molecule has 0 bridgehead atoms. The Hall–Kier alpha value is -2.73. The van der Waals surface area contributed by atoms with Crippen molar-refractivity contribution in [3.05, 3.63) is 58.6 Å². The Labute approximate surface area is 163 Å². The highest BCUT2D eigenvalue weighted by Crippen LogP contribution is 2.28. The van der Waals surface area contributed by atoms with Gasteiger partial charge in [-0.3, -0.25) is 4.79 Å². The Bertz CT molecular complexity index is 814. The van der Waals surface area contributed by atoms with Gasteiger partial charge in [0.1, 0.15) is 11.4 Å². The van der Waals surface area contributed by atoms with Gasteiger partial charge in [0.2, 0.25) is 0 Å². The fourth-order valence-electron chi connectivity index (χ4n) is 2.23. The predicted molar refractivity (Wildman–Crippen MR) is 105 cm³/mol. The lowest BCUT2D eigenvalue weighted by Crippen LogP contribution is -2.32. The first-order chi connectivity index (χ1) is 12.7. The van der Waals surface area contributed by atoms with Gasteiger partial charge >= 0.3 is 6.09 Å². The molecule has 0 unspecified atom stereocenters. The van der Waals surface area contributed by atoms with Crippen molar-refractivity contribution in [1.29, 1.82) is 0 Å². The zero-order valence-corrected chi connectivity index (χ0v) is 16.5. The number of benzene rings is 2. The van der Waals surface area contributed by atoms with Gasteiger partial charge in [-0.15, -0.1) is 0 Å². The van der Waals surface area contributed by atoms with Crippen molar-refractivity contribution in [1.82, 2.24) is 5.32 Å². The molecule has 2 aromatic rings. The lowest BCUT2D eigenvalue weighted by molar-refractivity contribution is 0.0523. The van der Waals surface area contributed by atoms with Crippen molar-refractivity contribution in [2.75, 3.05) is 12.4 Å². The summed E-state index contributed by atoms with van der Waals surface area (Å²) in [6, 6.07) is 11.9. The highest BCUT2D eigenvalue weighted by Gasteiger charge is 2.16. The molecular weight excluding hydrogens is 368 g/mol. The molecule has 0 spiro atoms. The number of ether oxygens (including phenoxy) is 2. The number of amides is 2. The number of methoxy groups -OCH3 is 1. The minimum absolute atomic E-state index is 0.290. The van der Waals surface area contributed by atoms with E-state index in [0.717, 1.165) is 5.56 Å². The predicted octanol–water partition coefficient (Wildman–Crippen LogP) is 4.63. The number of alkyl carbamates (subject to hydrolysis) is 1. The summed E-state index contributed by atoms with van der Waals surface area (Å²) in [6.07, 6.45) is -0.489. The van der Waals surface area contributed by atoms with E-state index in [2.05, 4.69) is 10.6 Å². The smallest absolute Gasteiger partial charge is 0.407 e. The van der Waals surface area contributed by atoms with Crippen molar-refractivity contribution >= 4 is 29.3 Å². The maximum Gasteiger partial charge on any atom is 0.407 e. The number of hydrogen-bond donors (Lipinski definition) is 2. The van der Waals surface area contributed by atoms with Crippen LogP contribution in [0, 0.1) is 0 Å². The van der Waals surface area contributed by atoms with Crippen LogP contribution in [0.5, 0.6) is 5.75 Å². The fraction of sp³-hybridized carbons (Fsp3) is 0.300. The second-order valence-electron chi connectivity index (χ2n) is 6.85.